The fourth-order valence-corrected chi connectivity index (χ4v) is 5.74. The zero-order chi connectivity index (χ0) is 28.5. The molecular weight excluding hydrogens is 514 g/mol. The van der Waals surface area contributed by atoms with Gasteiger partial charge in [0.2, 0.25) is 5.78 Å². The number of carbonyl (C=O) groups is 1. The van der Waals surface area contributed by atoms with Gasteiger partial charge in [0.25, 0.3) is 5.56 Å². The maximum absolute atomic E-state index is 13.3. The predicted molar refractivity (Wildman–Crippen MR) is 156 cm³/mol. The summed E-state index contributed by atoms with van der Waals surface area (Å²) in [6.45, 7) is 7.59. The molecule has 2 aromatic carbocycles. The summed E-state index contributed by atoms with van der Waals surface area (Å²) in [5.41, 5.74) is 4.07. The number of nitriles is 1. The van der Waals surface area contributed by atoms with Gasteiger partial charge in [-0.1, -0.05) is 18.2 Å². The van der Waals surface area contributed by atoms with Crippen LogP contribution in [-0.2, 0) is 6.54 Å². The smallest absolute Gasteiger partial charge is 0.251 e. The van der Waals surface area contributed by atoms with E-state index in [2.05, 4.69) is 34.8 Å². The van der Waals surface area contributed by atoms with Gasteiger partial charge in [-0.3, -0.25) is 9.59 Å². The zero-order valence-electron chi connectivity index (χ0n) is 23.2. The van der Waals surface area contributed by atoms with Gasteiger partial charge < -0.3 is 14.2 Å². The van der Waals surface area contributed by atoms with Crippen LogP contribution in [0.1, 0.15) is 53.9 Å². The first-order valence-corrected chi connectivity index (χ1v) is 14.0. The predicted octanol–water partition coefficient (Wildman–Crippen LogP) is 4.94. The molecule has 2 aliphatic rings. The lowest BCUT2D eigenvalue weighted by Gasteiger charge is -2.34. The van der Waals surface area contributed by atoms with Gasteiger partial charge in [0, 0.05) is 28.8 Å². The molecule has 2 aromatic heterocycles. The van der Waals surface area contributed by atoms with Crippen LogP contribution >= 0.6 is 0 Å². The normalized spacial score (nSPS) is 15.0. The van der Waals surface area contributed by atoms with Crippen molar-refractivity contribution in [2.45, 2.75) is 39.3 Å². The third-order valence-electron chi connectivity index (χ3n) is 8.10. The van der Waals surface area contributed by atoms with E-state index in [1.807, 2.05) is 24.3 Å². The first-order chi connectivity index (χ1) is 19.9. The average Bonchev–Trinajstić information content (AvgIpc) is 3.29. The number of ether oxygens (including phenoxy) is 1. The van der Waals surface area contributed by atoms with Crippen molar-refractivity contribution >= 4 is 5.78 Å². The molecule has 1 fully saturated rings. The van der Waals surface area contributed by atoms with Crippen molar-refractivity contribution in [3.63, 3.8) is 0 Å². The molecule has 0 bridgehead atoms. The van der Waals surface area contributed by atoms with Crippen molar-refractivity contribution in [2.24, 2.45) is 5.92 Å². The number of rotatable bonds is 7. The monoisotopic (exact) mass is 545 g/mol. The number of benzene rings is 2. The maximum atomic E-state index is 13.3. The Kier molecular flexibility index (Phi) is 7.21. The van der Waals surface area contributed by atoms with E-state index in [1.165, 1.54) is 10.6 Å². The number of fused-ring (bicyclic) bond motifs is 3. The highest BCUT2D eigenvalue weighted by Gasteiger charge is 2.30. The highest BCUT2D eigenvalue weighted by atomic mass is 16.5. The van der Waals surface area contributed by atoms with Crippen LogP contribution in [0.5, 0.6) is 5.75 Å². The SMILES string of the molecule is CC(C)N1CCC(COc2cnc(-c3cccc(Cn4c5c(ccc4=O)-c4cc(C#N)ccc4C5=O)c3)nc2)CC1. The Bertz CT molecular complexity index is 1710. The Morgan fingerprint density at radius 1 is 0.976 bits per heavy atom. The minimum Gasteiger partial charge on any atom is -0.490 e. The molecule has 1 aliphatic heterocycles. The molecule has 6 rings (SSSR count). The van der Waals surface area contributed by atoms with E-state index >= 15 is 0 Å². The number of aromatic nitrogens is 3. The van der Waals surface area contributed by atoms with Crippen molar-refractivity contribution in [3.05, 3.63) is 99.7 Å². The molecule has 0 saturated carbocycles. The second kappa shape index (κ2) is 11.1. The quantitative estimate of drug-likeness (QED) is 0.286. The van der Waals surface area contributed by atoms with E-state index in [9.17, 15) is 14.9 Å². The molecule has 0 radical (unpaired) electrons. The lowest BCUT2D eigenvalue weighted by Crippen LogP contribution is -2.39. The first kappa shape index (κ1) is 26.6. The van der Waals surface area contributed by atoms with Crippen LogP contribution < -0.4 is 10.3 Å². The molecule has 8 nitrogen and oxygen atoms in total. The molecule has 206 valence electrons. The minimum absolute atomic E-state index is 0.210. The van der Waals surface area contributed by atoms with Crippen LogP contribution in [0.2, 0.25) is 0 Å². The summed E-state index contributed by atoms with van der Waals surface area (Å²) >= 11 is 0. The van der Waals surface area contributed by atoms with Crippen molar-refractivity contribution < 1.29 is 9.53 Å². The highest BCUT2D eigenvalue weighted by Crippen LogP contribution is 2.36. The summed E-state index contributed by atoms with van der Waals surface area (Å²) in [5, 5.41) is 9.31. The summed E-state index contributed by atoms with van der Waals surface area (Å²) in [5.74, 6) is 1.54. The average molecular weight is 546 g/mol. The Morgan fingerprint density at radius 3 is 2.46 bits per heavy atom. The van der Waals surface area contributed by atoms with Crippen LogP contribution in [0.4, 0.5) is 0 Å². The molecule has 1 aliphatic carbocycles. The Balaban J connectivity index is 1.17. The molecule has 8 heteroatoms. The first-order valence-electron chi connectivity index (χ1n) is 14.0. The van der Waals surface area contributed by atoms with Gasteiger partial charge in [-0.15, -0.1) is 0 Å². The van der Waals surface area contributed by atoms with Crippen LogP contribution in [0, 0.1) is 17.2 Å². The molecule has 3 heterocycles. The summed E-state index contributed by atoms with van der Waals surface area (Å²) in [7, 11) is 0. The molecule has 1 saturated heterocycles. The number of pyridine rings is 1. The number of hydrogen-bond acceptors (Lipinski definition) is 7. The third kappa shape index (κ3) is 5.29. The summed E-state index contributed by atoms with van der Waals surface area (Å²) in [4.78, 5) is 37.8. The second-order valence-corrected chi connectivity index (χ2v) is 11.0. The van der Waals surface area contributed by atoms with E-state index in [-0.39, 0.29) is 17.9 Å². The van der Waals surface area contributed by atoms with Gasteiger partial charge in [0.15, 0.2) is 11.6 Å². The van der Waals surface area contributed by atoms with Crippen LogP contribution in [0.25, 0.3) is 22.5 Å². The van der Waals surface area contributed by atoms with E-state index in [0.29, 0.717) is 58.1 Å². The zero-order valence-corrected chi connectivity index (χ0v) is 23.2. The number of hydrogen-bond donors (Lipinski definition) is 0. The van der Waals surface area contributed by atoms with Gasteiger partial charge in [-0.05, 0) is 87.2 Å². The fraction of sp³-hybridized carbons (Fsp3) is 0.303. The highest BCUT2D eigenvalue weighted by molar-refractivity contribution is 6.20. The van der Waals surface area contributed by atoms with E-state index in [4.69, 9.17) is 4.74 Å². The number of carbonyl (C=O) groups excluding carboxylic acids is 1. The number of likely N-dealkylation sites (tertiary alicyclic amines) is 1. The number of ketones is 1. The molecule has 0 amide bonds. The Morgan fingerprint density at radius 2 is 1.73 bits per heavy atom. The van der Waals surface area contributed by atoms with Gasteiger partial charge >= 0.3 is 0 Å². The molecular formula is C33H31N5O3. The van der Waals surface area contributed by atoms with Gasteiger partial charge in [0.05, 0.1) is 37.2 Å². The number of piperidine rings is 1. The Hall–Kier alpha value is -4.61. The van der Waals surface area contributed by atoms with E-state index in [1.54, 1.807) is 36.7 Å². The standard InChI is InChI=1S/C33H31N5O3/c1-21(2)37-12-10-22(11-13-37)20-41-26-17-35-33(36-18-26)25-5-3-4-24(14-25)19-38-30(39)9-8-27-29-15-23(16-34)6-7-28(29)32(40)31(27)38/h3-9,14-15,17-18,21-22H,10-13,19-20H2,1-2H3. The van der Waals surface area contributed by atoms with Crippen molar-refractivity contribution in [3.8, 4) is 34.3 Å². The van der Waals surface area contributed by atoms with Gasteiger partial charge in [-0.2, -0.15) is 5.26 Å². The van der Waals surface area contributed by atoms with Crippen LogP contribution in [-0.4, -0.2) is 51.0 Å². The van der Waals surface area contributed by atoms with Crippen molar-refractivity contribution in [2.75, 3.05) is 19.7 Å². The topological polar surface area (TPSA) is 101 Å². The lowest BCUT2D eigenvalue weighted by atomic mass is 9.97. The largest absolute Gasteiger partial charge is 0.490 e. The third-order valence-corrected chi connectivity index (χ3v) is 8.10. The van der Waals surface area contributed by atoms with Gasteiger partial charge in [0.1, 0.15) is 5.69 Å². The summed E-state index contributed by atoms with van der Waals surface area (Å²) in [6.07, 6.45) is 5.68. The minimum atomic E-state index is -0.261. The molecule has 41 heavy (non-hydrogen) atoms. The number of nitrogens with zero attached hydrogens (tertiary/aromatic N) is 5. The van der Waals surface area contributed by atoms with E-state index in [0.717, 1.165) is 37.1 Å². The lowest BCUT2D eigenvalue weighted by molar-refractivity contribution is 0.103. The van der Waals surface area contributed by atoms with E-state index < -0.39 is 0 Å². The van der Waals surface area contributed by atoms with Crippen LogP contribution in [0.15, 0.2) is 71.8 Å². The molecule has 4 aromatic rings. The maximum Gasteiger partial charge on any atom is 0.251 e. The molecule has 0 N–H and O–H groups in total. The van der Waals surface area contributed by atoms with Crippen molar-refractivity contribution in [1.82, 2.24) is 19.4 Å². The Labute approximate surface area is 238 Å². The van der Waals surface area contributed by atoms with Gasteiger partial charge in [-0.25, -0.2) is 9.97 Å². The fourth-order valence-electron chi connectivity index (χ4n) is 5.74. The molecule has 0 atom stereocenters. The van der Waals surface area contributed by atoms with Crippen LogP contribution in [0.3, 0.4) is 0 Å². The second-order valence-electron chi connectivity index (χ2n) is 11.0. The summed E-state index contributed by atoms with van der Waals surface area (Å²) in [6, 6.07) is 18.5. The van der Waals surface area contributed by atoms with Crippen molar-refractivity contribution in [1.29, 1.82) is 5.26 Å². The summed E-state index contributed by atoms with van der Waals surface area (Å²) < 4.78 is 7.52. The molecule has 0 unspecified atom stereocenters. The molecule has 0 spiro atoms.